The van der Waals surface area contributed by atoms with Gasteiger partial charge in [-0.05, 0) is 28.5 Å². The summed E-state index contributed by atoms with van der Waals surface area (Å²) in [6.45, 7) is 2.72. The van der Waals surface area contributed by atoms with Crippen molar-refractivity contribution in [2.24, 2.45) is 0 Å². The minimum absolute atomic E-state index is 0.0213. The van der Waals surface area contributed by atoms with Crippen LogP contribution in [-0.2, 0) is 22.6 Å². The first-order valence-electron chi connectivity index (χ1n) is 8.52. The van der Waals surface area contributed by atoms with E-state index in [1.807, 2.05) is 48.5 Å². The fourth-order valence-electron chi connectivity index (χ4n) is 2.68. The normalized spacial score (nSPS) is 11.9. The van der Waals surface area contributed by atoms with Crippen LogP contribution in [0, 0.1) is 0 Å². The molecule has 0 amide bonds. The molecule has 7 heteroatoms. The first-order chi connectivity index (χ1) is 12.8. The summed E-state index contributed by atoms with van der Waals surface area (Å²) in [5.74, 6) is 0.205. The standard InChI is InChI=1S/C19H21N5O2/c1-2-26-17(25)14-24-19(21-22-23-24)18(16-11-7-4-8-12-16)20-13-15-9-5-3-6-10-15/h3-12,18,20H,2,13-14H2,1H3/t18-/m0/s1. The third-order valence-electron chi connectivity index (χ3n) is 3.89. The molecule has 3 rings (SSSR count). The molecule has 0 unspecified atom stereocenters. The van der Waals surface area contributed by atoms with Gasteiger partial charge in [0.25, 0.3) is 0 Å². The molecule has 7 nitrogen and oxygen atoms in total. The van der Waals surface area contributed by atoms with Gasteiger partial charge in [-0.15, -0.1) is 5.10 Å². The van der Waals surface area contributed by atoms with Gasteiger partial charge < -0.3 is 4.74 Å². The van der Waals surface area contributed by atoms with Crippen LogP contribution in [0.2, 0.25) is 0 Å². The number of ether oxygens (including phenoxy) is 1. The second-order valence-electron chi connectivity index (χ2n) is 5.71. The Labute approximate surface area is 152 Å². The lowest BCUT2D eigenvalue weighted by Gasteiger charge is -2.18. The molecule has 0 saturated carbocycles. The molecule has 0 bridgehead atoms. The molecular weight excluding hydrogens is 330 g/mol. The average molecular weight is 351 g/mol. The zero-order valence-corrected chi connectivity index (χ0v) is 14.6. The highest BCUT2D eigenvalue weighted by atomic mass is 16.5. The Morgan fingerprint density at radius 3 is 2.50 bits per heavy atom. The van der Waals surface area contributed by atoms with Crippen molar-refractivity contribution in [2.45, 2.75) is 26.1 Å². The van der Waals surface area contributed by atoms with E-state index in [1.54, 1.807) is 6.92 Å². The smallest absolute Gasteiger partial charge is 0.327 e. The third kappa shape index (κ3) is 4.52. The van der Waals surface area contributed by atoms with E-state index in [9.17, 15) is 4.79 Å². The number of nitrogens with zero attached hydrogens (tertiary/aromatic N) is 4. The van der Waals surface area contributed by atoms with E-state index < -0.39 is 0 Å². The van der Waals surface area contributed by atoms with Gasteiger partial charge in [0.05, 0.1) is 12.6 Å². The lowest BCUT2D eigenvalue weighted by atomic mass is 10.1. The molecule has 0 aliphatic heterocycles. The number of rotatable bonds is 8. The highest BCUT2D eigenvalue weighted by molar-refractivity contribution is 5.69. The number of nitrogens with one attached hydrogen (secondary N) is 1. The van der Waals surface area contributed by atoms with Crippen LogP contribution < -0.4 is 5.32 Å². The summed E-state index contributed by atoms with van der Waals surface area (Å²) < 4.78 is 6.49. The summed E-state index contributed by atoms with van der Waals surface area (Å²) in [6.07, 6.45) is 0. The topological polar surface area (TPSA) is 81.9 Å². The second-order valence-corrected chi connectivity index (χ2v) is 5.71. The maximum atomic E-state index is 11.8. The lowest BCUT2D eigenvalue weighted by molar-refractivity contribution is -0.144. The van der Waals surface area contributed by atoms with Crippen molar-refractivity contribution >= 4 is 5.97 Å². The monoisotopic (exact) mass is 351 g/mol. The van der Waals surface area contributed by atoms with E-state index in [2.05, 4.69) is 33.0 Å². The molecular formula is C19H21N5O2. The number of benzene rings is 2. The molecule has 0 spiro atoms. The number of esters is 1. The van der Waals surface area contributed by atoms with E-state index in [4.69, 9.17) is 4.74 Å². The first kappa shape index (κ1) is 17.8. The molecule has 1 N–H and O–H groups in total. The Morgan fingerprint density at radius 1 is 1.12 bits per heavy atom. The Bertz CT molecular complexity index is 820. The van der Waals surface area contributed by atoms with Crippen molar-refractivity contribution in [3.05, 3.63) is 77.6 Å². The molecule has 2 aromatic carbocycles. The summed E-state index contributed by atoms with van der Waals surface area (Å²) in [4.78, 5) is 11.8. The minimum atomic E-state index is -0.365. The molecule has 0 fully saturated rings. The zero-order chi connectivity index (χ0) is 18.2. The van der Waals surface area contributed by atoms with E-state index in [1.165, 1.54) is 4.68 Å². The summed E-state index contributed by atoms with van der Waals surface area (Å²) >= 11 is 0. The largest absolute Gasteiger partial charge is 0.465 e. The Balaban J connectivity index is 1.84. The number of tetrazole rings is 1. The predicted molar refractivity (Wildman–Crippen MR) is 96.0 cm³/mol. The van der Waals surface area contributed by atoms with Gasteiger partial charge in [0.2, 0.25) is 0 Å². The van der Waals surface area contributed by atoms with Crippen molar-refractivity contribution < 1.29 is 9.53 Å². The number of carbonyl (C=O) groups excluding carboxylic acids is 1. The quantitative estimate of drug-likeness (QED) is 0.626. The zero-order valence-electron chi connectivity index (χ0n) is 14.6. The molecule has 0 aliphatic rings. The first-order valence-corrected chi connectivity index (χ1v) is 8.52. The summed E-state index contributed by atoms with van der Waals surface area (Å²) in [5, 5.41) is 15.3. The lowest BCUT2D eigenvalue weighted by Crippen LogP contribution is -2.27. The van der Waals surface area contributed by atoms with Crippen molar-refractivity contribution in [1.29, 1.82) is 0 Å². The highest BCUT2D eigenvalue weighted by Gasteiger charge is 2.22. The van der Waals surface area contributed by atoms with E-state index >= 15 is 0 Å². The van der Waals surface area contributed by atoms with Crippen LogP contribution in [0.1, 0.15) is 29.9 Å². The van der Waals surface area contributed by atoms with Gasteiger partial charge in [-0.2, -0.15) is 0 Å². The molecule has 0 saturated heterocycles. The predicted octanol–water partition coefficient (Wildman–Crippen LogP) is 2.12. The molecule has 0 radical (unpaired) electrons. The molecule has 26 heavy (non-hydrogen) atoms. The number of hydrogen-bond acceptors (Lipinski definition) is 6. The van der Waals surface area contributed by atoms with Gasteiger partial charge >= 0.3 is 5.97 Å². The number of hydrogen-bond donors (Lipinski definition) is 1. The molecule has 1 heterocycles. The molecule has 3 aromatic rings. The number of carbonyl (C=O) groups is 1. The molecule has 1 aromatic heterocycles. The molecule has 0 aliphatic carbocycles. The fraction of sp³-hybridized carbons (Fsp3) is 0.263. The minimum Gasteiger partial charge on any atom is -0.465 e. The molecule has 1 atom stereocenters. The van der Waals surface area contributed by atoms with Crippen LogP contribution in [0.5, 0.6) is 0 Å². The van der Waals surface area contributed by atoms with Gasteiger partial charge in [-0.25, -0.2) is 4.68 Å². The van der Waals surface area contributed by atoms with Gasteiger partial charge in [-0.1, -0.05) is 60.7 Å². The van der Waals surface area contributed by atoms with Gasteiger partial charge in [-0.3, -0.25) is 10.1 Å². The van der Waals surface area contributed by atoms with E-state index in [-0.39, 0.29) is 18.6 Å². The summed E-state index contributed by atoms with van der Waals surface area (Å²) in [7, 11) is 0. The summed E-state index contributed by atoms with van der Waals surface area (Å²) in [5.41, 5.74) is 2.17. The van der Waals surface area contributed by atoms with Crippen LogP contribution in [-0.4, -0.2) is 32.8 Å². The second kappa shape index (κ2) is 8.87. The maximum absolute atomic E-state index is 11.8. The van der Waals surface area contributed by atoms with Crippen molar-refractivity contribution in [1.82, 2.24) is 25.5 Å². The highest BCUT2D eigenvalue weighted by Crippen LogP contribution is 2.20. The SMILES string of the molecule is CCOC(=O)Cn1nnnc1[C@@H](NCc1ccccc1)c1ccccc1. The maximum Gasteiger partial charge on any atom is 0.327 e. The van der Waals surface area contributed by atoms with Gasteiger partial charge in [0.15, 0.2) is 5.82 Å². The van der Waals surface area contributed by atoms with Crippen molar-refractivity contribution in [3.63, 3.8) is 0 Å². The molecule has 134 valence electrons. The van der Waals surface area contributed by atoms with Crippen LogP contribution in [0.3, 0.4) is 0 Å². The van der Waals surface area contributed by atoms with Crippen LogP contribution >= 0.6 is 0 Å². The van der Waals surface area contributed by atoms with Crippen molar-refractivity contribution in [3.8, 4) is 0 Å². The van der Waals surface area contributed by atoms with Crippen LogP contribution in [0.4, 0.5) is 0 Å². The van der Waals surface area contributed by atoms with E-state index in [0.29, 0.717) is 19.0 Å². The fourth-order valence-corrected chi connectivity index (χ4v) is 2.68. The van der Waals surface area contributed by atoms with Crippen LogP contribution in [0.15, 0.2) is 60.7 Å². The number of aromatic nitrogens is 4. The summed E-state index contributed by atoms with van der Waals surface area (Å²) in [6, 6.07) is 19.7. The van der Waals surface area contributed by atoms with Crippen molar-refractivity contribution in [2.75, 3.05) is 6.61 Å². The third-order valence-corrected chi connectivity index (χ3v) is 3.89. The van der Waals surface area contributed by atoms with Crippen LogP contribution in [0.25, 0.3) is 0 Å². The van der Waals surface area contributed by atoms with E-state index in [0.717, 1.165) is 11.1 Å². The Hall–Kier alpha value is -3.06. The Morgan fingerprint density at radius 2 is 1.81 bits per heavy atom. The van der Waals surface area contributed by atoms with Gasteiger partial charge in [0.1, 0.15) is 6.54 Å². The Kier molecular flexibility index (Phi) is 6.05. The average Bonchev–Trinajstić information content (AvgIpc) is 3.12. The van der Waals surface area contributed by atoms with Gasteiger partial charge in [0, 0.05) is 6.54 Å².